The van der Waals surface area contributed by atoms with Crippen molar-refractivity contribution in [3.8, 4) is 6.07 Å². The predicted molar refractivity (Wildman–Crippen MR) is 82.0 cm³/mol. The van der Waals surface area contributed by atoms with E-state index in [1.165, 1.54) is 23.1 Å². The SMILES string of the molecule is CCn1c(CN)nnc1SCC(=O)Nc1sccc1C#N. The number of thiophene rings is 1. The third kappa shape index (κ3) is 3.60. The minimum atomic E-state index is -0.182. The molecule has 0 spiro atoms. The largest absolute Gasteiger partial charge is 0.324 e. The van der Waals surface area contributed by atoms with Crippen LogP contribution in [0.4, 0.5) is 5.00 Å². The summed E-state index contributed by atoms with van der Waals surface area (Å²) in [5.74, 6) is 0.718. The Morgan fingerprint density at radius 3 is 3.10 bits per heavy atom. The first-order valence-electron chi connectivity index (χ1n) is 6.22. The van der Waals surface area contributed by atoms with Crippen LogP contribution >= 0.6 is 23.1 Å². The van der Waals surface area contributed by atoms with Gasteiger partial charge in [0.25, 0.3) is 0 Å². The molecule has 2 aromatic heterocycles. The Hall–Kier alpha value is -1.89. The van der Waals surface area contributed by atoms with Gasteiger partial charge in [-0.15, -0.1) is 21.5 Å². The number of amides is 1. The van der Waals surface area contributed by atoms with Gasteiger partial charge in [-0.3, -0.25) is 4.79 Å². The molecule has 0 unspecified atom stereocenters. The molecule has 0 saturated heterocycles. The maximum absolute atomic E-state index is 11.9. The number of rotatable bonds is 6. The van der Waals surface area contributed by atoms with Gasteiger partial charge in [0, 0.05) is 6.54 Å². The lowest BCUT2D eigenvalue weighted by atomic mass is 10.3. The van der Waals surface area contributed by atoms with Gasteiger partial charge in [-0.25, -0.2) is 0 Å². The number of nitrogens with zero attached hydrogens (tertiary/aromatic N) is 4. The summed E-state index contributed by atoms with van der Waals surface area (Å²) in [6.45, 7) is 2.98. The number of nitrogens with two attached hydrogens (primary N) is 1. The molecule has 7 nitrogen and oxygen atoms in total. The van der Waals surface area contributed by atoms with Crippen LogP contribution in [0.15, 0.2) is 16.6 Å². The molecule has 0 radical (unpaired) electrons. The normalized spacial score (nSPS) is 10.3. The average molecular weight is 322 g/mol. The van der Waals surface area contributed by atoms with Crippen LogP contribution in [0.1, 0.15) is 18.3 Å². The van der Waals surface area contributed by atoms with Crippen molar-refractivity contribution in [2.24, 2.45) is 5.73 Å². The molecule has 2 rings (SSSR count). The minimum Gasteiger partial charge on any atom is -0.324 e. The molecule has 2 heterocycles. The maximum Gasteiger partial charge on any atom is 0.235 e. The van der Waals surface area contributed by atoms with E-state index in [1.54, 1.807) is 11.4 Å². The second-order valence-electron chi connectivity index (χ2n) is 3.96. The summed E-state index contributed by atoms with van der Waals surface area (Å²) in [6, 6.07) is 3.71. The number of aromatic nitrogens is 3. The molecule has 0 aliphatic rings. The Morgan fingerprint density at radius 1 is 1.62 bits per heavy atom. The smallest absolute Gasteiger partial charge is 0.235 e. The van der Waals surface area contributed by atoms with Gasteiger partial charge >= 0.3 is 0 Å². The Balaban J connectivity index is 1.96. The molecule has 0 fully saturated rings. The predicted octanol–water partition coefficient (Wildman–Crippen LogP) is 1.42. The molecular formula is C12H14N6OS2. The lowest BCUT2D eigenvalue weighted by Gasteiger charge is -2.06. The summed E-state index contributed by atoms with van der Waals surface area (Å²) in [6.07, 6.45) is 0. The van der Waals surface area contributed by atoms with Gasteiger partial charge in [-0.1, -0.05) is 11.8 Å². The van der Waals surface area contributed by atoms with E-state index in [9.17, 15) is 4.79 Å². The van der Waals surface area contributed by atoms with Gasteiger partial charge in [-0.2, -0.15) is 5.26 Å². The molecule has 0 aliphatic heterocycles. The summed E-state index contributed by atoms with van der Waals surface area (Å²) < 4.78 is 1.88. The molecule has 9 heteroatoms. The van der Waals surface area contributed by atoms with E-state index >= 15 is 0 Å². The van der Waals surface area contributed by atoms with Crippen molar-refractivity contribution in [2.75, 3.05) is 11.1 Å². The van der Waals surface area contributed by atoms with Crippen LogP contribution in [-0.2, 0) is 17.9 Å². The van der Waals surface area contributed by atoms with E-state index in [4.69, 9.17) is 11.0 Å². The zero-order chi connectivity index (χ0) is 15.2. The summed E-state index contributed by atoms with van der Waals surface area (Å²) in [5, 5.41) is 22.6. The first kappa shape index (κ1) is 15.5. The van der Waals surface area contributed by atoms with Crippen LogP contribution in [0.3, 0.4) is 0 Å². The minimum absolute atomic E-state index is 0.182. The van der Waals surface area contributed by atoms with E-state index in [1.807, 2.05) is 17.6 Å². The molecule has 110 valence electrons. The van der Waals surface area contributed by atoms with Crippen LogP contribution in [0.5, 0.6) is 0 Å². The highest BCUT2D eigenvalue weighted by molar-refractivity contribution is 7.99. The fourth-order valence-electron chi connectivity index (χ4n) is 1.68. The van der Waals surface area contributed by atoms with Gasteiger partial charge in [0.2, 0.25) is 5.91 Å². The maximum atomic E-state index is 11.9. The first-order chi connectivity index (χ1) is 10.2. The molecular weight excluding hydrogens is 308 g/mol. The number of thioether (sulfide) groups is 1. The lowest BCUT2D eigenvalue weighted by molar-refractivity contribution is -0.113. The molecule has 0 saturated carbocycles. The van der Waals surface area contributed by atoms with E-state index in [0.29, 0.717) is 34.6 Å². The molecule has 0 atom stereocenters. The van der Waals surface area contributed by atoms with E-state index in [2.05, 4.69) is 15.5 Å². The number of anilines is 1. The molecule has 0 bridgehead atoms. The average Bonchev–Trinajstić information content (AvgIpc) is 3.10. The van der Waals surface area contributed by atoms with Crippen LogP contribution in [0, 0.1) is 11.3 Å². The molecule has 2 aromatic rings. The summed E-state index contributed by atoms with van der Waals surface area (Å²) in [4.78, 5) is 11.9. The summed E-state index contributed by atoms with van der Waals surface area (Å²) in [5.41, 5.74) is 6.05. The quantitative estimate of drug-likeness (QED) is 0.778. The fraction of sp³-hybridized carbons (Fsp3) is 0.333. The van der Waals surface area contributed by atoms with Crippen molar-refractivity contribution < 1.29 is 4.79 Å². The standard InChI is InChI=1S/C12H14N6OS2/c1-2-18-9(6-14)16-17-12(18)21-7-10(19)15-11-8(5-13)3-4-20-11/h3-4H,2,6-7,14H2,1H3,(H,15,19). The van der Waals surface area contributed by atoms with Crippen LogP contribution < -0.4 is 11.1 Å². The molecule has 21 heavy (non-hydrogen) atoms. The number of carbonyl (C=O) groups excluding carboxylic acids is 1. The van der Waals surface area contributed by atoms with Crippen LogP contribution in [0.25, 0.3) is 0 Å². The van der Waals surface area contributed by atoms with E-state index < -0.39 is 0 Å². The first-order valence-corrected chi connectivity index (χ1v) is 8.08. The Bertz CT molecular complexity index is 672. The second-order valence-corrected chi connectivity index (χ2v) is 5.82. The zero-order valence-corrected chi connectivity index (χ0v) is 13.0. The van der Waals surface area contributed by atoms with Crippen molar-refractivity contribution in [3.05, 3.63) is 22.8 Å². The zero-order valence-electron chi connectivity index (χ0n) is 11.4. The topological polar surface area (TPSA) is 110 Å². The molecule has 0 aromatic carbocycles. The fourth-order valence-corrected chi connectivity index (χ4v) is 3.26. The molecule has 0 aliphatic carbocycles. The third-order valence-corrected chi connectivity index (χ3v) is 4.46. The summed E-state index contributed by atoms with van der Waals surface area (Å²) in [7, 11) is 0. The second kappa shape index (κ2) is 7.21. The van der Waals surface area contributed by atoms with Gasteiger partial charge in [0.1, 0.15) is 16.9 Å². The Morgan fingerprint density at radius 2 is 2.43 bits per heavy atom. The van der Waals surface area contributed by atoms with Crippen molar-refractivity contribution in [1.82, 2.24) is 14.8 Å². The highest BCUT2D eigenvalue weighted by Crippen LogP contribution is 2.23. The number of hydrogen-bond donors (Lipinski definition) is 2. The highest BCUT2D eigenvalue weighted by atomic mass is 32.2. The van der Waals surface area contributed by atoms with Crippen molar-refractivity contribution in [2.45, 2.75) is 25.2 Å². The number of hydrogen-bond acceptors (Lipinski definition) is 7. The molecule has 1 amide bonds. The van der Waals surface area contributed by atoms with Gasteiger partial charge in [0.15, 0.2) is 5.16 Å². The van der Waals surface area contributed by atoms with Crippen molar-refractivity contribution in [1.29, 1.82) is 5.26 Å². The van der Waals surface area contributed by atoms with Crippen molar-refractivity contribution in [3.63, 3.8) is 0 Å². The summed E-state index contributed by atoms with van der Waals surface area (Å²) >= 11 is 2.62. The lowest BCUT2D eigenvalue weighted by Crippen LogP contribution is -2.14. The van der Waals surface area contributed by atoms with Crippen LogP contribution in [-0.4, -0.2) is 26.4 Å². The Kier molecular flexibility index (Phi) is 5.32. The number of nitrogens with one attached hydrogen (secondary N) is 1. The molecule has 3 N–H and O–H groups in total. The van der Waals surface area contributed by atoms with Crippen LogP contribution in [0.2, 0.25) is 0 Å². The van der Waals surface area contributed by atoms with Gasteiger partial charge in [0.05, 0.1) is 17.9 Å². The Labute approximate surface area is 130 Å². The van der Waals surface area contributed by atoms with E-state index in [0.717, 1.165) is 0 Å². The van der Waals surface area contributed by atoms with Crippen molar-refractivity contribution >= 4 is 34.0 Å². The highest BCUT2D eigenvalue weighted by Gasteiger charge is 2.13. The van der Waals surface area contributed by atoms with Gasteiger partial charge < -0.3 is 15.6 Å². The van der Waals surface area contributed by atoms with Gasteiger partial charge in [-0.05, 0) is 18.4 Å². The monoisotopic (exact) mass is 322 g/mol. The number of carbonyl (C=O) groups is 1. The number of nitriles is 1. The van der Waals surface area contributed by atoms with E-state index in [-0.39, 0.29) is 11.7 Å². The third-order valence-electron chi connectivity index (χ3n) is 2.66.